The summed E-state index contributed by atoms with van der Waals surface area (Å²) in [5.74, 6) is -0.492. The molecule has 0 bridgehead atoms. The fraction of sp³-hybridized carbons (Fsp3) is 0.333. The lowest BCUT2D eigenvalue weighted by atomic mass is 10.2. The van der Waals surface area contributed by atoms with Gasteiger partial charge in [-0.05, 0) is 34.5 Å². The second kappa shape index (κ2) is 6.98. The minimum atomic E-state index is -1.06. The number of carbonyl (C=O) groups excluding carboxylic acids is 1. The average molecular weight is 331 g/mol. The Morgan fingerprint density at radius 3 is 2.68 bits per heavy atom. The highest BCUT2D eigenvalue weighted by molar-refractivity contribution is 9.10. The molecule has 0 aliphatic heterocycles. The van der Waals surface area contributed by atoms with Crippen molar-refractivity contribution in [1.82, 2.24) is 5.32 Å². The summed E-state index contributed by atoms with van der Waals surface area (Å²) in [7, 11) is 1.52. The SMILES string of the molecule is CC[C@@H](NC(=O)Nc1ccc(Br)c(OC)c1)C(=O)O. The molecule has 1 atom stereocenters. The Morgan fingerprint density at radius 1 is 1.47 bits per heavy atom. The Balaban J connectivity index is 2.69. The van der Waals surface area contributed by atoms with Crippen LogP contribution < -0.4 is 15.4 Å². The molecule has 1 aromatic carbocycles. The highest BCUT2D eigenvalue weighted by Crippen LogP contribution is 2.27. The summed E-state index contributed by atoms with van der Waals surface area (Å²) >= 11 is 3.30. The molecule has 0 heterocycles. The van der Waals surface area contributed by atoms with E-state index in [-0.39, 0.29) is 0 Å². The molecule has 0 radical (unpaired) electrons. The zero-order valence-corrected chi connectivity index (χ0v) is 12.2. The standard InChI is InChI=1S/C12H15BrN2O4/c1-3-9(11(16)17)15-12(18)14-7-4-5-8(13)10(6-7)19-2/h4-6,9H,3H2,1-2H3,(H,16,17)(H2,14,15,18)/t9-/m1/s1. The number of amides is 2. The number of ether oxygens (including phenoxy) is 1. The number of nitrogens with one attached hydrogen (secondary N) is 2. The number of hydrogen-bond acceptors (Lipinski definition) is 3. The van der Waals surface area contributed by atoms with E-state index in [9.17, 15) is 9.59 Å². The van der Waals surface area contributed by atoms with Gasteiger partial charge >= 0.3 is 12.0 Å². The largest absolute Gasteiger partial charge is 0.495 e. The van der Waals surface area contributed by atoms with Gasteiger partial charge in [-0.2, -0.15) is 0 Å². The Labute approximate surface area is 119 Å². The molecule has 0 fully saturated rings. The molecule has 0 aliphatic rings. The number of hydrogen-bond donors (Lipinski definition) is 3. The number of carbonyl (C=O) groups is 2. The van der Waals surface area contributed by atoms with Gasteiger partial charge in [0.2, 0.25) is 0 Å². The maximum atomic E-state index is 11.6. The summed E-state index contributed by atoms with van der Waals surface area (Å²) in [4.78, 5) is 22.4. The first-order chi connectivity index (χ1) is 8.97. The lowest BCUT2D eigenvalue weighted by molar-refractivity contribution is -0.139. The fourth-order valence-electron chi connectivity index (χ4n) is 1.40. The fourth-order valence-corrected chi connectivity index (χ4v) is 1.81. The van der Waals surface area contributed by atoms with Crippen molar-refractivity contribution in [2.45, 2.75) is 19.4 Å². The van der Waals surface area contributed by atoms with Crippen LogP contribution in [0.2, 0.25) is 0 Å². The summed E-state index contributed by atoms with van der Waals surface area (Å²) in [5.41, 5.74) is 0.512. The van der Waals surface area contributed by atoms with Gasteiger partial charge in [0.1, 0.15) is 11.8 Å². The number of carboxylic acids is 1. The highest BCUT2D eigenvalue weighted by atomic mass is 79.9. The zero-order chi connectivity index (χ0) is 14.4. The van der Waals surface area contributed by atoms with Crippen LogP contribution in [0.5, 0.6) is 5.75 Å². The Morgan fingerprint density at radius 2 is 2.16 bits per heavy atom. The van der Waals surface area contributed by atoms with Gasteiger partial charge < -0.3 is 20.5 Å². The lowest BCUT2D eigenvalue weighted by Gasteiger charge is -2.13. The van der Waals surface area contributed by atoms with Gasteiger partial charge in [-0.15, -0.1) is 0 Å². The zero-order valence-electron chi connectivity index (χ0n) is 10.6. The number of rotatable bonds is 5. The van der Waals surface area contributed by atoms with Crippen molar-refractivity contribution in [1.29, 1.82) is 0 Å². The van der Waals surface area contributed by atoms with Crippen molar-refractivity contribution in [2.24, 2.45) is 0 Å². The molecule has 6 nitrogen and oxygen atoms in total. The number of carboxylic acid groups (broad SMARTS) is 1. The van der Waals surface area contributed by atoms with E-state index in [0.717, 1.165) is 4.47 Å². The van der Waals surface area contributed by atoms with Crippen molar-refractivity contribution in [2.75, 3.05) is 12.4 Å². The van der Waals surface area contributed by atoms with E-state index < -0.39 is 18.0 Å². The number of anilines is 1. The molecule has 2 amide bonds. The summed E-state index contributed by atoms with van der Waals surface area (Å²) in [6.07, 6.45) is 0.312. The number of aliphatic carboxylic acids is 1. The van der Waals surface area contributed by atoms with Gasteiger partial charge in [-0.3, -0.25) is 0 Å². The van der Waals surface area contributed by atoms with Gasteiger partial charge in [-0.25, -0.2) is 9.59 Å². The monoisotopic (exact) mass is 330 g/mol. The smallest absolute Gasteiger partial charge is 0.326 e. The number of halogens is 1. The van der Waals surface area contributed by atoms with Crippen LogP contribution in [0.3, 0.4) is 0 Å². The van der Waals surface area contributed by atoms with Crippen LogP contribution in [0.15, 0.2) is 22.7 Å². The number of methoxy groups -OCH3 is 1. The molecule has 1 rings (SSSR count). The van der Waals surface area contributed by atoms with E-state index in [1.54, 1.807) is 25.1 Å². The van der Waals surface area contributed by atoms with Crippen LogP contribution in [0.25, 0.3) is 0 Å². The Hall–Kier alpha value is -1.76. The van der Waals surface area contributed by atoms with Crippen LogP contribution in [0.1, 0.15) is 13.3 Å². The normalized spacial score (nSPS) is 11.5. The summed E-state index contributed by atoms with van der Waals surface area (Å²) in [5, 5.41) is 13.8. The Kier molecular flexibility index (Phi) is 5.62. The third-order valence-electron chi connectivity index (χ3n) is 2.42. The topological polar surface area (TPSA) is 87.7 Å². The lowest BCUT2D eigenvalue weighted by Crippen LogP contribution is -2.42. The van der Waals surface area contributed by atoms with Crippen molar-refractivity contribution in [3.05, 3.63) is 22.7 Å². The predicted octanol–water partition coefficient (Wildman–Crippen LogP) is 2.44. The van der Waals surface area contributed by atoms with Crippen molar-refractivity contribution < 1.29 is 19.4 Å². The molecule has 1 aromatic rings. The molecule has 3 N–H and O–H groups in total. The third kappa shape index (κ3) is 4.44. The van der Waals surface area contributed by atoms with Crippen molar-refractivity contribution >= 4 is 33.6 Å². The highest BCUT2D eigenvalue weighted by Gasteiger charge is 2.17. The van der Waals surface area contributed by atoms with E-state index in [1.165, 1.54) is 7.11 Å². The predicted molar refractivity (Wildman–Crippen MR) is 74.6 cm³/mol. The van der Waals surface area contributed by atoms with Crippen LogP contribution in [-0.2, 0) is 4.79 Å². The van der Waals surface area contributed by atoms with Crippen molar-refractivity contribution in [3.8, 4) is 5.75 Å². The van der Waals surface area contributed by atoms with E-state index in [4.69, 9.17) is 9.84 Å². The molecule has 19 heavy (non-hydrogen) atoms. The minimum Gasteiger partial charge on any atom is -0.495 e. The molecule has 0 aromatic heterocycles. The maximum absolute atomic E-state index is 11.6. The Bertz CT molecular complexity index is 479. The second-order valence-corrected chi connectivity index (χ2v) is 4.60. The summed E-state index contributed by atoms with van der Waals surface area (Å²) < 4.78 is 5.86. The van der Waals surface area contributed by atoms with E-state index in [0.29, 0.717) is 17.9 Å². The molecule has 104 valence electrons. The molecule has 0 spiro atoms. The van der Waals surface area contributed by atoms with E-state index >= 15 is 0 Å². The van der Waals surface area contributed by atoms with E-state index in [1.807, 2.05) is 0 Å². The van der Waals surface area contributed by atoms with Gasteiger partial charge in [0.25, 0.3) is 0 Å². The van der Waals surface area contributed by atoms with E-state index in [2.05, 4.69) is 26.6 Å². The summed E-state index contributed by atoms with van der Waals surface area (Å²) in [6.45, 7) is 1.68. The molecule has 7 heteroatoms. The first-order valence-electron chi connectivity index (χ1n) is 5.61. The van der Waals surface area contributed by atoms with Gasteiger partial charge in [0.15, 0.2) is 0 Å². The van der Waals surface area contributed by atoms with Crippen LogP contribution >= 0.6 is 15.9 Å². The quantitative estimate of drug-likeness (QED) is 0.773. The van der Waals surface area contributed by atoms with Crippen molar-refractivity contribution in [3.63, 3.8) is 0 Å². The minimum absolute atomic E-state index is 0.312. The van der Waals surface area contributed by atoms with Gasteiger partial charge in [0.05, 0.1) is 11.6 Å². The third-order valence-corrected chi connectivity index (χ3v) is 3.08. The van der Waals surface area contributed by atoms with Crippen LogP contribution in [-0.4, -0.2) is 30.3 Å². The molecular formula is C12H15BrN2O4. The first-order valence-corrected chi connectivity index (χ1v) is 6.41. The molecule has 0 saturated heterocycles. The maximum Gasteiger partial charge on any atom is 0.326 e. The average Bonchev–Trinajstić information content (AvgIpc) is 2.37. The molecular weight excluding hydrogens is 316 g/mol. The second-order valence-electron chi connectivity index (χ2n) is 3.75. The number of benzene rings is 1. The van der Waals surface area contributed by atoms with Crippen LogP contribution in [0.4, 0.5) is 10.5 Å². The number of urea groups is 1. The molecule has 0 aliphatic carbocycles. The first kappa shape index (κ1) is 15.3. The van der Waals surface area contributed by atoms with Crippen LogP contribution in [0, 0.1) is 0 Å². The molecule has 0 saturated carbocycles. The van der Waals surface area contributed by atoms with Gasteiger partial charge in [-0.1, -0.05) is 6.92 Å². The van der Waals surface area contributed by atoms with Gasteiger partial charge in [0, 0.05) is 11.8 Å². The molecule has 0 unspecified atom stereocenters. The summed E-state index contributed by atoms with van der Waals surface area (Å²) in [6, 6.07) is 3.55.